The molecule has 4 heteroatoms. The molecule has 0 saturated heterocycles. The molecule has 0 aliphatic rings. The number of benzene rings is 2. The van der Waals surface area contributed by atoms with Crippen LogP contribution >= 0.6 is 0 Å². The monoisotopic (exact) mass is 345 g/mol. The molecule has 0 aliphatic heterocycles. The van der Waals surface area contributed by atoms with Gasteiger partial charge in [0.25, 0.3) is 0 Å². The topological polar surface area (TPSA) is 29.9 Å². The first-order valence-electron chi connectivity index (χ1n) is 8.70. The molecule has 2 aromatic carbocycles. The van der Waals surface area contributed by atoms with Gasteiger partial charge in [-0.05, 0) is 47.0 Å². The number of nitrogens with zero attached hydrogens (tertiary/aromatic N) is 2. The lowest BCUT2D eigenvalue weighted by Gasteiger charge is -2.05. The zero-order valence-electron chi connectivity index (χ0n) is 14.4. The third-order valence-corrected chi connectivity index (χ3v) is 4.53. The molecular weight excluding hydrogens is 325 g/mol. The van der Waals surface area contributed by atoms with Crippen LogP contribution in [0.15, 0.2) is 79.3 Å². The van der Waals surface area contributed by atoms with Gasteiger partial charge in [-0.2, -0.15) is 0 Å². The molecule has 2 aromatic heterocycles. The summed E-state index contributed by atoms with van der Waals surface area (Å²) in [5.41, 5.74) is 4.76. The molecule has 1 N–H and O–H groups in total. The van der Waals surface area contributed by atoms with Gasteiger partial charge in [-0.3, -0.25) is 4.98 Å². The summed E-state index contributed by atoms with van der Waals surface area (Å²) in [6.45, 7) is 2.32. The SMILES string of the molecule is Fc1ccc(Cn2cc(CNCc3ccncc3)c3ccccc32)cc1. The largest absolute Gasteiger partial charge is 0.343 e. The summed E-state index contributed by atoms with van der Waals surface area (Å²) >= 11 is 0. The van der Waals surface area contributed by atoms with Crippen LogP contribution in [-0.4, -0.2) is 9.55 Å². The van der Waals surface area contributed by atoms with Crippen LogP contribution in [0.25, 0.3) is 10.9 Å². The van der Waals surface area contributed by atoms with Crippen LogP contribution in [0.2, 0.25) is 0 Å². The smallest absolute Gasteiger partial charge is 0.123 e. The molecule has 4 rings (SSSR count). The number of fused-ring (bicyclic) bond motifs is 1. The van der Waals surface area contributed by atoms with Crippen LogP contribution in [-0.2, 0) is 19.6 Å². The van der Waals surface area contributed by atoms with Gasteiger partial charge in [-0.15, -0.1) is 0 Å². The Labute approximate surface area is 152 Å². The fourth-order valence-electron chi connectivity index (χ4n) is 3.22. The minimum atomic E-state index is -0.202. The van der Waals surface area contributed by atoms with E-state index >= 15 is 0 Å². The average molecular weight is 345 g/mol. The summed E-state index contributed by atoms with van der Waals surface area (Å²) in [5, 5.41) is 4.75. The van der Waals surface area contributed by atoms with Crippen LogP contribution in [0.3, 0.4) is 0 Å². The Bertz CT molecular complexity index is 991. The van der Waals surface area contributed by atoms with Crippen molar-refractivity contribution in [1.82, 2.24) is 14.9 Å². The summed E-state index contributed by atoms with van der Waals surface area (Å²) in [5.74, 6) is -0.202. The second-order valence-corrected chi connectivity index (χ2v) is 6.38. The number of aromatic nitrogens is 2. The molecule has 0 bridgehead atoms. The second kappa shape index (κ2) is 7.50. The van der Waals surface area contributed by atoms with Crippen molar-refractivity contribution in [2.24, 2.45) is 0 Å². The quantitative estimate of drug-likeness (QED) is 0.557. The Kier molecular flexibility index (Phi) is 4.75. The minimum Gasteiger partial charge on any atom is -0.343 e. The Morgan fingerprint density at radius 2 is 1.62 bits per heavy atom. The molecular formula is C22H20FN3. The Morgan fingerprint density at radius 3 is 2.42 bits per heavy atom. The lowest BCUT2D eigenvalue weighted by molar-refractivity contribution is 0.626. The van der Waals surface area contributed by atoms with E-state index in [4.69, 9.17) is 0 Å². The van der Waals surface area contributed by atoms with Crippen LogP contribution in [0.5, 0.6) is 0 Å². The summed E-state index contributed by atoms with van der Waals surface area (Å²) in [7, 11) is 0. The Hall–Kier alpha value is -2.98. The van der Waals surface area contributed by atoms with Crippen molar-refractivity contribution in [1.29, 1.82) is 0 Å². The lowest BCUT2D eigenvalue weighted by Crippen LogP contribution is -2.12. The second-order valence-electron chi connectivity index (χ2n) is 6.38. The van der Waals surface area contributed by atoms with E-state index < -0.39 is 0 Å². The van der Waals surface area contributed by atoms with Crippen molar-refractivity contribution >= 4 is 10.9 Å². The molecule has 4 aromatic rings. The van der Waals surface area contributed by atoms with Gasteiger partial charge in [0.2, 0.25) is 0 Å². The standard InChI is InChI=1S/C22H20FN3/c23-20-7-5-18(6-8-20)15-26-16-19(21-3-1-2-4-22(21)26)14-25-13-17-9-11-24-12-10-17/h1-12,16,25H,13-15H2. The molecule has 26 heavy (non-hydrogen) atoms. The number of nitrogens with one attached hydrogen (secondary N) is 1. The zero-order chi connectivity index (χ0) is 17.8. The molecule has 2 heterocycles. The predicted molar refractivity (Wildman–Crippen MR) is 102 cm³/mol. The third kappa shape index (κ3) is 3.65. The summed E-state index contributed by atoms with van der Waals surface area (Å²) in [6, 6.07) is 19.1. The van der Waals surface area contributed by atoms with Crippen molar-refractivity contribution in [3.05, 3.63) is 102 Å². The number of hydrogen-bond acceptors (Lipinski definition) is 2. The fraction of sp³-hybridized carbons (Fsp3) is 0.136. The summed E-state index contributed by atoms with van der Waals surface area (Å²) in [6.07, 6.45) is 5.81. The van der Waals surface area contributed by atoms with Crippen LogP contribution in [0.4, 0.5) is 4.39 Å². The van der Waals surface area contributed by atoms with Crippen molar-refractivity contribution in [3.63, 3.8) is 0 Å². The third-order valence-electron chi connectivity index (χ3n) is 4.53. The molecule has 0 radical (unpaired) electrons. The maximum absolute atomic E-state index is 13.1. The van der Waals surface area contributed by atoms with Crippen molar-refractivity contribution in [3.8, 4) is 0 Å². The number of rotatable bonds is 6. The highest BCUT2D eigenvalue weighted by Gasteiger charge is 2.08. The minimum absolute atomic E-state index is 0.202. The lowest BCUT2D eigenvalue weighted by atomic mass is 10.1. The molecule has 0 atom stereocenters. The maximum Gasteiger partial charge on any atom is 0.123 e. The van der Waals surface area contributed by atoms with Gasteiger partial charge >= 0.3 is 0 Å². The summed E-state index contributed by atoms with van der Waals surface area (Å²) in [4.78, 5) is 4.05. The van der Waals surface area contributed by atoms with Crippen LogP contribution in [0.1, 0.15) is 16.7 Å². The number of halogens is 1. The average Bonchev–Trinajstić information content (AvgIpc) is 3.02. The molecule has 0 amide bonds. The van der Waals surface area contributed by atoms with E-state index in [1.807, 2.05) is 36.7 Å². The first-order chi connectivity index (χ1) is 12.8. The highest BCUT2D eigenvalue weighted by atomic mass is 19.1. The normalized spacial score (nSPS) is 11.1. The Balaban J connectivity index is 1.54. The summed E-state index contributed by atoms with van der Waals surface area (Å²) < 4.78 is 15.4. The van der Waals surface area contributed by atoms with Gasteiger partial charge in [0.05, 0.1) is 0 Å². The van der Waals surface area contributed by atoms with E-state index in [9.17, 15) is 4.39 Å². The van der Waals surface area contributed by atoms with Gasteiger partial charge < -0.3 is 9.88 Å². The first-order valence-corrected chi connectivity index (χ1v) is 8.70. The number of pyridine rings is 1. The predicted octanol–water partition coefficient (Wildman–Crippen LogP) is 4.51. The van der Waals surface area contributed by atoms with E-state index in [2.05, 4.69) is 45.3 Å². The molecule has 0 aliphatic carbocycles. The van der Waals surface area contributed by atoms with E-state index in [0.29, 0.717) is 0 Å². The van der Waals surface area contributed by atoms with Gasteiger partial charge in [-0.1, -0.05) is 30.3 Å². The fourth-order valence-corrected chi connectivity index (χ4v) is 3.22. The molecule has 0 spiro atoms. The molecule has 0 saturated carbocycles. The van der Waals surface area contributed by atoms with Crippen molar-refractivity contribution in [2.75, 3.05) is 0 Å². The maximum atomic E-state index is 13.1. The number of hydrogen-bond donors (Lipinski definition) is 1. The van der Waals surface area contributed by atoms with Crippen molar-refractivity contribution < 1.29 is 4.39 Å². The van der Waals surface area contributed by atoms with E-state index in [-0.39, 0.29) is 5.82 Å². The molecule has 130 valence electrons. The van der Waals surface area contributed by atoms with Gasteiger partial charge in [0.15, 0.2) is 0 Å². The molecule has 3 nitrogen and oxygen atoms in total. The zero-order valence-corrected chi connectivity index (χ0v) is 14.4. The van der Waals surface area contributed by atoms with E-state index in [0.717, 1.165) is 25.2 Å². The van der Waals surface area contributed by atoms with E-state index in [1.54, 1.807) is 0 Å². The Morgan fingerprint density at radius 1 is 0.846 bits per heavy atom. The van der Waals surface area contributed by atoms with Crippen LogP contribution in [0, 0.1) is 5.82 Å². The first kappa shape index (κ1) is 16.5. The van der Waals surface area contributed by atoms with Crippen molar-refractivity contribution in [2.45, 2.75) is 19.6 Å². The van der Waals surface area contributed by atoms with Gasteiger partial charge in [0.1, 0.15) is 5.82 Å². The highest BCUT2D eigenvalue weighted by Crippen LogP contribution is 2.22. The molecule has 0 unspecified atom stereocenters. The highest BCUT2D eigenvalue weighted by molar-refractivity contribution is 5.84. The molecule has 0 fully saturated rings. The van der Waals surface area contributed by atoms with E-state index in [1.165, 1.54) is 34.2 Å². The van der Waals surface area contributed by atoms with Gasteiger partial charge in [-0.25, -0.2) is 4.39 Å². The van der Waals surface area contributed by atoms with Gasteiger partial charge in [0, 0.05) is 49.1 Å². The number of para-hydroxylation sites is 1. The van der Waals surface area contributed by atoms with Crippen LogP contribution < -0.4 is 5.32 Å².